The van der Waals surface area contributed by atoms with Crippen LogP contribution in [0.25, 0.3) is 10.9 Å². The Labute approximate surface area is 193 Å². The van der Waals surface area contributed by atoms with Gasteiger partial charge in [-0.2, -0.15) is 0 Å². The maximum Gasteiger partial charge on any atom is 0.262 e. The quantitative estimate of drug-likeness (QED) is 0.303. The van der Waals surface area contributed by atoms with Crippen molar-refractivity contribution in [1.29, 1.82) is 0 Å². The van der Waals surface area contributed by atoms with Crippen molar-refractivity contribution in [2.75, 3.05) is 13.9 Å². The van der Waals surface area contributed by atoms with Crippen molar-refractivity contribution >= 4 is 22.7 Å². The molecule has 33 heavy (non-hydrogen) atoms. The summed E-state index contributed by atoms with van der Waals surface area (Å²) < 4.78 is 32.0. The molecular formula is C25H21FN2O4S. The summed E-state index contributed by atoms with van der Waals surface area (Å²) in [6.45, 7) is 0.794. The Morgan fingerprint density at radius 1 is 1.15 bits per heavy atom. The molecule has 3 aromatic carbocycles. The SMILES string of the molecule is COc1ccc(Cn2c(SCc3cc(F)cc4c3OCOC4)nc3ccccc3c2=O)cc1. The fourth-order valence-corrected chi connectivity index (χ4v) is 4.78. The van der Waals surface area contributed by atoms with Crippen molar-refractivity contribution in [3.8, 4) is 11.5 Å². The molecule has 1 aliphatic heterocycles. The number of halogens is 1. The Kier molecular flexibility index (Phi) is 6.02. The smallest absolute Gasteiger partial charge is 0.262 e. The Hall–Kier alpha value is -3.36. The lowest BCUT2D eigenvalue weighted by atomic mass is 10.1. The minimum atomic E-state index is -0.347. The van der Waals surface area contributed by atoms with E-state index in [2.05, 4.69) is 0 Å². The van der Waals surface area contributed by atoms with E-state index in [9.17, 15) is 9.18 Å². The van der Waals surface area contributed by atoms with Crippen molar-refractivity contribution in [1.82, 2.24) is 9.55 Å². The van der Waals surface area contributed by atoms with Crippen LogP contribution in [0.2, 0.25) is 0 Å². The number of benzene rings is 3. The normalized spacial score (nSPS) is 12.9. The number of thioether (sulfide) groups is 1. The van der Waals surface area contributed by atoms with Gasteiger partial charge in [-0.05, 0) is 42.0 Å². The number of hydrogen-bond acceptors (Lipinski definition) is 6. The van der Waals surface area contributed by atoms with Crippen LogP contribution in [-0.2, 0) is 23.6 Å². The maximum atomic E-state index is 14.2. The molecule has 1 aliphatic rings. The lowest BCUT2D eigenvalue weighted by molar-refractivity contribution is -0.0171. The number of methoxy groups -OCH3 is 1. The summed E-state index contributed by atoms with van der Waals surface area (Å²) in [5.41, 5.74) is 2.84. The summed E-state index contributed by atoms with van der Waals surface area (Å²) >= 11 is 1.38. The van der Waals surface area contributed by atoms with Crippen LogP contribution in [0.1, 0.15) is 16.7 Å². The van der Waals surface area contributed by atoms with E-state index in [0.717, 1.165) is 11.3 Å². The van der Waals surface area contributed by atoms with Crippen molar-refractivity contribution in [2.24, 2.45) is 0 Å². The third-order valence-corrected chi connectivity index (χ3v) is 6.46. The summed E-state index contributed by atoms with van der Waals surface area (Å²) in [7, 11) is 1.61. The number of fused-ring (bicyclic) bond motifs is 2. The van der Waals surface area contributed by atoms with Gasteiger partial charge in [-0.3, -0.25) is 9.36 Å². The molecule has 6 nitrogen and oxygen atoms in total. The highest BCUT2D eigenvalue weighted by Gasteiger charge is 2.19. The Bertz CT molecular complexity index is 1370. The van der Waals surface area contributed by atoms with E-state index in [4.69, 9.17) is 19.2 Å². The van der Waals surface area contributed by atoms with Gasteiger partial charge in [0.2, 0.25) is 0 Å². The van der Waals surface area contributed by atoms with Crippen LogP contribution >= 0.6 is 11.8 Å². The van der Waals surface area contributed by atoms with Gasteiger partial charge < -0.3 is 14.2 Å². The minimum Gasteiger partial charge on any atom is -0.497 e. The zero-order valence-electron chi connectivity index (χ0n) is 17.9. The van der Waals surface area contributed by atoms with Gasteiger partial charge in [-0.1, -0.05) is 36.0 Å². The number of aromatic nitrogens is 2. The first-order chi connectivity index (χ1) is 16.1. The number of hydrogen-bond donors (Lipinski definition) is 0. The van der Waals surface area contributed by atoms with E-state index in [1.54, 1.807) is 17.7 Å². The summed E-state index contributed by atoms with van der Waals surface area (Å²) in [5.74, 6) is 1.44. The molecule has 168 valence electrons. The minimum absolute atomic E-state index is 0.121. The molecule has 0 amide bonds. The van der Waals surface area contributed by atoms with Crippen LogP contribution in [0.5, 0.6) is 11.5 Å². The lowest BCUT2D eigenvalue weighted by Gasteiger charge is -2.21. The number of para-hydroxylation sites is 1. The summed E-state index contributed by atoms with van der Waals surface area (Å²) in [6.07, 6.45) is 0. The van der Waals surface area contributed by atoms with Gasteiger partial charge in [0.15, 0.2) is 11.9 Å². The van der Waals surface area contributed by atoms with Crippen molar-refractivity contribution in [3.63, 3.8) is 0 Å². The van der Waals surface area contributed by atoms with Gasteiger partial charge in [0.1, 0.15) is 17.3 Å². The molecule has 0 spiro atoms. The third-order valence-electron chi connectivity index (χ3n) is 5.43. The second kappa shape index (κ2) is 9.25. The number of ether oxygens (including phenoxy) is 3. The van der Waals surface area contributed by atoms with Crippen LogP contribution in [0.3, 0.4) is 0 Å². The summed E-state index contributed by atoms with van der Waals surface area (Å²) in [5, 5.41) is 1.11. The maximum absolute atomic E-state index is 14.2. The molecular weight excluding hydrogens is 443 g/mol. The first-order valence-electron chi connectivity index (χ1n) is 10.4. The third kappa shape index (κ3) is 4.44. The molecule has 2 heterocycles. The van der Waals surface area contributed by atoms with E-state index < -0.39 is 0 Å². The average molecular weight is 465 g/mol. The second-order valence-electron chi connectivity index (χ2n) is 7.60. The zero-order valence-corrected chi connectivity index (χ0v) is 18.7. The highest BCUT2D eigenvalue weighted by molar-refractivity contribution is 7.98. The molecule has 1 aromatic heterocycles. The van der Waals surface area contributed by atoms with Gasteiger partial charge in [0.05, 0.1) is 31.2 Å². The zero-order chi connectivity index (χ0) is 22.8. The van der Waals surface area contributed by atoms with Gasteiger partial charge in [-0.25, -0.2) is 9.37 Å². The predicted octanol–water partition coefficient (Wildman–Crippen LogP) is 4.75. The van der Waals surface area contributed by atoms with Gasteiger partial charge >= 0.3 is 0 Å². The van der Waals surface area contributed by atoms with E-state index >= 15 is 0 Å². The lowest BCUT2D eigenvalue weighted by Crippen LogP contribution is -2.24. The van der Waals surface area contributed by atoms with Crippen LogP contribution < -0.4 is 15.0 Å². The molecule has 4 aromatic rings. The summed E-state index contributed by atoms with van der Waals surface area (Å²) in [6, 6.07) is 17.7. The van der Waals surface area contributed by atoms with E-state index in [1.807, 2.05) is 42.5 Å². The Morgan fingerprint density at radius 3 is 2.79 bits per heavy atom. The fraction of sp³-hybridized carbons (Fsp3) is 0.200. The first-order valence-corrected chi connectivity index (χ1v) is 11.4. The fourth-order valence-electron chi connectivity index (χ4n) is 3.82. The topological polar surface area (TPSA) is 62.6 Å². The van der Waals surface area contributed by atoms with Crippen LogP contribution in [-0.4, -0.2) is 23.5 Å². The van der Waals surface area contributed by atoms with Crippen molar-refractivity contribution in [3.05, 3.63) is 93.5 Å². The average Bonchev–Trinajstić information content (AvgIpc) is 2.85. The molecule has 5 rings (SSSR count). The van der Waals surface area contributed by atoms with Crippen molar-refractivity contribution < 1.29 is 18.6 Å². The second-order valence-corrected chi connectivity index (χ2v) is 8.55. The van der Waals surface area contributed by atoms with Crippen LogP contribution in [0.15, 0.2) is 70.6 Å². The molecule has 0 bridgehead atoms. The largest absolute Gasteiger partial charge is 0.497 e. The van der Waals surface area contributed by atoms with Gasteiger partial charge in [-0.15, -0.1) is 0 Å². The standard InChI is InChI=1S/C25H21FN2O4S/c1-30-20-8-6-16(7-9-20)12-28-24(29)21-4-2-3-5-22(21)27-25(28)33-14-18-11-19(26)10-17-13-31-15-32-23(17)18/h2-11H,12-15H2,1H3. The molecule has 0 fully saturated rings. The molecule has 0 unspecified atom stereocenters. The molecule has 0 N–H and O–H groups in total. The molecule has 8 heteroatoms. The summed E-state index contributed by atoms with van der Waals surface area (Å²) in [4.78, 5) is 18.1. The molecule has 0 atom stereocenters. The highest BCUT2D eigenvalue weighted by atomic mass is 32.2. The van der Waals surface area contributed by atoms with E-state index in [0.29, 0.717) is 51.8 Å². The van der Waals surface area contributed by atoms with Crippen molar-refractivity contribution in [2.45, 2.75) is 24.1 Å². The Balaban J connectivity index is 1.52. The Morgan fingerprint density at radius 2 is 1.97 bits per heavy atom. The number of rotatable bonds is 6. The van der Waals surface area contributed by atoms with Gasteiger partial charge in [0.25, 0.3) is 5.56 Å². The predicted molar refractivity (Wildman–Crippen MR) is 124 cm³/mol. The molecule has 0 radical (unpaired) electrons. The van der Waals surface area contributed by atoms with E-state index in [1.165, 1.54) is 23.9 Å². The van der Waals surface area contributed by atoms with Gasteiger partial charge in [0, 0.05) is 16.9 Å². The molecule has 0 aliphatic carbocycles. The molecule has 0 saturated carbocycles. The number of nitrogens with zero attached hydrogens (tertiary/aromatic N) is 2. The molecule has 0 saturated heterocycles. The van der Waals surface area contributed by atoms with Crippen LogP contribution in [0.4, 0.5) is 4.39 Å². The first kappa shape index (κ1) is 21.5. The van der Waals surface area contributed by atoms with Crippen LogP contribution in [0, 0.1) is 5.82 Å². The highest BCUT2D eigenvalue weighted by Crippen LogP contribution is 2.34. The monoisotopic (exact) mass is 464 g/mol. The van der Waals surface area contributed by atoms with E-state index in [-0.39, 0.29) is 18.2 Å².